The summed E-state index contributed by atoms with van der Waals surface area (Å²) in [6.45, 7) is 2.58. The molecule has 3 aromatic carbocycles. The van der Waals surface area contributed by atoms with Crippen molar-refractivity contribution in [2.45, 2.75) is 91.7 Å². The van der Waals surface area contributed by atoms with Crippen molar-refractivity contribution in [2.24, 2.45) is 7.05 Å². The van der Waals surface area contributed by atoms with Crippen molar-refractivity contribution in [1.29, 1.82) is 0 Å². The van der Waals surface area contributed by atoms with Gasteiger partial charge in [-0.15, -0.1) is 11.8 Å². The summed E-state index contributed by atoms with van der Waals surface area (Å²) in [7, 11) is 1.77. The summed E-state index contributed by atoms with van der Waals surface area (Å²) in [5.41, 5.74) is 4.97. The number of fused-ring (bicyclic) bond motifs is 2. The number of amides is 4. The van der Waals surface area contributed by atoms with Crippen molar-refractivity contribution in [1.82, 2.24) is 35.7 Å². The average Bonchev–Trinajstić information content (AvgIpc) is 3.88. The number of carbonyl (C=O) groups excluding carboxylic acids is 4. The number of anilines is 2. The molecule has 0 spiro atoms. The number of rotatable bonds is 19. The first kappa shape index (κ1) is 47.3. The number of benzene rings is 3. The lowest BCUT2D eigenvalue weighted by Crippen LogP contribution is -2.49. The molecule has 2 atom stereocenters. The molecular weight excluding hydrogens is 907 g/mol. The third-order valence-corrected chi connectivity index (χ3v) is 15.8. The van der Waals surface area contributed by atoms with Gasteiger partial charge >= 0.3 is 0 Å². The second-order valence-corrected chi connectivity index (χ2v) is 20.6. The lowest BCUT2D eigenvalue weighted by molar-refractivity contribution is -0.134. The molecule has 3 fully saturated rings. The van der Waals surface area contributed by atoms with Gasteiger partial charge in [-0.2, -0.15) is 10.1 Å². The molecule has 19 heteroatoms. The van der Waals surface area contributed by atoms with E-state index < -0.39 is 17.1 Å². The Balaban J connectivity index is 0.639. The Hall–Kier alpha value is -5.73. The van der Waals surface area contributed by atoms with Gasteiger partial charge in [0, 0.05) is 68.2 Å². The Labute approximate surface area is 402 Å². The summed E-state index contributed by atoms with van der Waals surface area (Å²) in [5.74, 6) is 1.95. The highest BCUT2D eigenvalue weighted by Crippen LogP contribution is 2.40. The van der Waals surface area contributed by atoms with Crippen LogP contribution in [0.2, 0.25) is 0 Å². The minimum Gasteiger partial charge on any atom is -0.611 e. The van der Waals surface area contributed by atoms with E-state index in [-0.39, 0.29) is 62.0 Å². The molecule has 0 radical (unpaired) electrons. The van der Waals surface area contributed by atoms with Crippen LogP contribution in [0, 0.1) is 0 Å². The van der Waals surface area contributed by atoms with Crippen LogP contribution in [-0.4, -0.2) is 110 Å². The Bertz CT molecular complexity index is 2630. The highest BCUT2D eigenvalue weighted by atomic mass is 32.2. The summed E-state index contributed by atoms with van der Waals surface area (Å²) < 4.78 is 25.9. The number of aliphatic hydroxyl groups is 1. The molecule has 1 aliphatic carbocycles. The van der Waals surface area contributed by atoms with Crippen molar-refractivity contribution >= 4 is 69.2 Å². The van der Waals surface area contributed by atoms with Gasteiger partial charge in [-0.1, -0.05) is 36.4 Å². The summed E-state index contributed by atoms with van der Waals surface area (Å²) in [4.78, 5) is 63.0. The zero-order valence-electron chi connectivity index (χ0n) is 38.1. The van der Waals surface area contributed by atoms with Gasteiger partial charge in [0.25, 0.3) is 5.91 Å². The third-order valence-electron chi connectivity index (χ3n) is 13.3. The van der Waals surface area contributed by atoms with Crippen LogP contribution in [0.25, 0.3) is 10.9 Å². The molecule has 2 aromatic heterocycles. The lowest BCUT2D eigenvalue weighted by atomic mass is 9.77. The molecular formula is C49H57N9O8S2. The van der Waals surface area contributed by atoms with Crippen LogP contribution in [0.15, 0.2) is 76.5 Å². The zero-order valence-corrected chi connectivity index (χ0v) is 39.7. The van der Waals surface area contributed by atoms with Gasteiger partial charge in [-0.3, -0.25) is 29.2 Å². The number of piperidine rings is 2. The Morgan fingerprint density at radius 3 is 2.46 bits per heavy atom. The number of nitrogens with one attached hydrogen (secondary N) is 4. The second kappa shape index (κ2) is 21.3. The van der Waals surface area contributed by atoms with Crippen LogP contribution in [0.1, 0.15) is 84.9 Å². The van der Waals surface area contributed by atoms with Crippen LogP contribution in [0.3, 0.4) is 0 Å². The predicted molar refractivity (Wildman–Crippen MR) is 258 cm³/mol. The molecule has 68 heavy (non-hydrogen) atoms. The van der Waals surface area contributed by atoms with E-state index in [1.807, 2.05) is 30.3 Å². The Morgan fingerprint density at radius 2 is 1.72 bits per heavy atom. The smallest absolute Gasteiger partial charge is 0.258 e. The van der Waals surface area contributed by atoms with Crippen LogP contribution in [0.5, 0.6) is 5.75 Å². The molecule has 9 rings (SSSR count). The first-order valence-electron chi connectivity index (χ1n) is 23.3. The predicted octanol–water partition coefficient (Wildman–Crippen LogP) is 4.38. The van der Waals surface area contributed by atoms with Gasteiger partial charge in [-0.05, 0) is 96.6 Å². The molecule has 3 aliphatic heterocycles. The van der Waals surface area contributed by atoms with Crippen LogP contribution in [0.4, 0.5) is 11.8 Å². The van der Waals surface area contributed by atoms with E-state index in [0.717, 1.165) is 83.6 Å². The maximum Gasteiger partial charge on any atom is 0.258 e. The van der Waals surface area contributed by atoms with Gasteiger partial charge < -0.3 is 40.0 Å². The first-order valence-corrected chi connectivity index (χ1v) is 25.6. The van der Waals surface area contributed by atoms with Crippen molar-refractivity contribution < 1.29 is 38.3 Å². The largest absolute Gasteiger partial charge is 0.611 e. The van der Waals surface area contributed by atoms with Crippen LogP contribution >= 0.6 is 11.8 Å². The van der Waals surface area contributed by atoms with Crippen molar-refractivity contribution in [2.75, 3.05) is 61.2 Å². The number of hydrogen-bond acceptors (Lipinski definition) is 14. The van der Waals surface area contributed by atoms with Gasteiger partial charge in [0.05, 0.1) is 35.9 Å². The molecule has 17 nitrogen and oxygen atoms in total. The van der Waals surface area contributed by atoms with E-state index in [2.05, 4.69) is 55.5 Å². The fourth-order valence-electron chi connectivity index (χ4n) is 9.23. The number of nitrogens with zero attached hydrogens (tertiary/aromatic N) is 5. The summed E-state index contributed by atoms with van der Waals surface area (Å²) in [5, 5.41) is 27.1. The average molecular weight is 964 g/mol. The fraction of sp³-hybridized carbons (Fsp3) is 0.449. The van der Waals surface area contributed by atoms with E-state index in [0.29, 0.717) is 65.7 Å². The van der Waals surface area contributed by atoms with E-state index in [1.54, 1.807) is 35.6 Å². The highest BCUT2D eigenvalue weighted by Gasteiger charge is 2.41. The number of aromatic nitrogens is 4. The maximum absolute atomic E-state index is 12.8. The number of carbonyl (C=O) groups is 4. The van der Waals surface area contributed by atoms with Gasteiger partial charge in [0.15, 0.2) is 12.4 Å². The first-order chi connectivity index (χ1) is 33.0. The van der Waals surface area contributed by atoms with Gasteiger partial charge in [0.2, 0.25) is 28.6 Å². The van der Waals surface area contributed by atoms with Gasteiger partial charge in [-0.25, -0.2) is 4.98 Å². The summed E-state index contributed by atoms with van der Waals surface area (Å²) in [6, 6.07) is 21.7. The SMILES string of the molecule is Cn1nc(C2CCC(=O)NC2=O)c2ccc(OCC(=O)NCc3ccc(COCC(=O)NCCSc4ccc(C5CCN(c6nc7c(c(NC8(CO)CCC8)n6)[S@+]([O-])CC7)CC5)cc4)cc3)cc21. The number of ether oxygens (including phenoxy) is 2. The standard InChI is InChI=1S/C49H57N9O8S2/c1-57-40-25-35(9-12-37(40)44(56-57)38-13-14-41(60)53-47(38)63)66-29-43(62)51-26-31-3-5-32(6-4-31)27-65-28-42(61)50-20-23-67-36-10-7-33(8-11-36)34-15-21-58(22-16-34)48-52-39-17-24-68(64)45(39)46(54-48)55-49(30-59)18-2-19-49/h3-12,25,34,38,59H,2,13-24,26-30H2,1H3,(H,50,61)(H,51,62)(H,52,54,55)(H,53,60,63)/t38?,68-/m1/s1. The molecule has 5 N–H and O–H groups in total. The zero-order chi connectivity index (χ0) is 47.2. The highest BCUT2D eigenvalue weighted by molar-refractivity contribution is 7.99. The Kier molecular flexibility index (Phi) is 14.8. The quantitative estimate of drug-likeness (QED) is 0.0336. The molecule has 1 saturated carbocycles. The van der Waals surface area contributed by atoms with E-state index >= 15 is 0 Å². The molecule has 4 aliphatic rings. The molecule has 2 saturated heterocycles. The van der Waals surface area contributed by atoms with Crippen LogP contribution in [-0.2, 0) is 61.7 Å². The molecule has 5 aromatic rings. The summed E-state index contributed by atoms with van der Waals surface area (Å²) in [6.07, 6.45) is 6.12. The molecule has 5 heterocycles. The minimum absolute atomic E-state index is 0.0329. The monoisotopic (exact) mass is 963 g/mol. The van der Waals surface area contributed by atoms with E-state index in [4.69, 9.17) is 19.4 Å². The second-order valence-electron chi connectivity index (χ2n) is 18.0. The number of thioether (sulfide) groups is 1. The van der Waals surface area contributed by atoms with E-state index in [9.17, 15) is 28.8 Å². The van der Waals surface area contributed by atoms with E-state index in [1.165, 1.54) is 5.56 Å². The number of aryl methyl sites for hydroxylation is 2. The summed E-state index contributed by atoms with van der Waals surface area (Å²) >= 11 is 0.571. The molecule has 1 unspecified atom stereocenters. The molecule has 4 amide bonds. The molecule has 0 bridgehead atoms. The van der Waals surface area contributed by atoms with Crippen molar-refractivity contribution in [3.8, 4) is 5.75 Å². The number of imide groups is 1. The van der Waals surface area contributed by atoms with Gasteiger partial charge in [0.1, 0.15) is 23.8 Å². The minimum atomic E-state index is -1.12. The normalized spacial score (nSPS) is 19.0. The Morgan fingerprint density at radius 1 is 0.956 bits per heavy atom. The number of aliphatic hydroxyl groups excluding tert-OH is 1. The van der Waals surface area contributed by atoms with Crippen molar-refractivity contribution in [3.05, 3.63) is 94.8 Å². The number of hydrogen-bond donors (Lipinski definition) is 5. The third kappa shape index (κ3) is 11.1. The molecule has 358 valence electrons. The lowest BCUT2D eigenvalue weighted by Gasteiger charge is -2.41. The topological polar surface area (TPSA) is 225 Å². The fourth-order valence-corrected chi connectivity index (χ4v) is 11.3. The maximum atomic E-state index is 12.8. The van der Waals surface area contributed by atoms with Crippen LogP contribution < -0.4 is 30.9 Å². The van der Waals surface area contributed by atoms with Crippen molar-refractivity contribution in [3.63, 3.8) is 0 Å².